The van der Waals surface area contributed by atoms with E-state index >= 15 is 0 Å². The van der Waals surface area contributed by atoms with Gasteiger partial charge in [0.25, 0.3) is 11.8 Å². The van der Waals surface area contributed by atoms with Crippen molar-refractivity contribution in [3.63, 3.8) is 0 Å². The Bertz CT molecular complexity index is 952. The summed E-state index contributed by atoms with van der Waals surface area (Å²) in [7, 11) is 0. The van der Waals surface area contributed by atoms with Gasteiger partial charge in [-0.25, -0.2) is 4.79 Å². The predicted octanol–water partition coefficient (Wildman–Crippen LogP) is 4.59. The molecule has 152 valence electrons. The number of hydrogen-bond donors (Lipinski definition) is 0. The average molecular weight is 393 g/mol. The maximum Gasteiger partial charge on any atom is 0.338 e. The Hall–Kier alpha value is -2.95. The summed E-state index contributed by atoms with van der Waals surface area (Å²) in [6.45, 7) is 10.8. The zero-order chi connectivity index (χ0) is 21.3. The first-order valence-corrected chi connectivity index (χ1v) is 9.84. The van der Waals surface area contributed by atoms with E-state index in [2.05, 4.69) is 20.8 Å². The van der Waals surface area contributed by atoms with Crippen LogP contribution >= 0.6 is 0 Å². The first kappa shape index (κ1) is 20.8. The highest BCUT2D eigenvalue weighted by Gasteiger charge is 2.36. The van der Waals surface area contributed by atoms with Crippen molar-refractivity contribution in [1.82, 2.24) is 4.90 Å². The van der Waals surface area contributed by atoms with Crippen LogP contribution in [-0.2, 0) is 16.8 Å². The molecule has 0 fully saturated rings. The van der Waals surface area contributed by atoms with Crippen LogP contribution in [0.5, 0.6) is 0 Å². The van der Waals surface area contributed by atoms with Gasteiger partial charge in [-0.05, 0) is 40.7 Å². The normalized spacial score (nSPS) is 13.8. The molecule has 5 heteroatoms. The number of benzene rings is 2. The highest BCUT2D eigenvalue weighted by molar-refractivity contribution is 6.21. The zero-order valence-electron chi connectivity index (χ0n) is 17.6. The summed E-state index contributed by atoms with van der Waals surface area (Å²) in [5.74, 6) is -1.01. The van der Waals surface area contributed by atoms with Crippen molar-refractivity contribution in [1.29, 1.82) is 0 Å². The summed E-state index contributed by atoms with van der Waals surface area (Å²) in [6, 6.07) is 12.5. The molecule has 0 atom stereocenters. The fraction of sp³-hybridized carbons (Fsp3) is 0.375. The SMILES string of the molecule is CC(C)CN1C(=O)c2ccc(C(=O)OCc3ccc(C(C)(C)C)cc3)cc2C1=O. The largest absolute Gasteiger partial charge is 0.457 e. The molecule has 29 heavy (non-hydrogen) atoms. The average Bonchev–Trinajstić information content (AvgIpc) is 2.90. The van der Waals surface area contributed by atoms with Crippen molar-refractivity contribution in [2.45, 2.75) is 46.6 Å². The molecule has 0 aliphatic carbocycles. The van der Waals surface area contributed by atoms with Gasteiger partial charge in [0, 0.05) is 6.54 Å². The molecule has 2 amide bonds. The fourth-order valence-corrected chi connectivity index (χ4v) is 3.28. The lowest BCUT2D eigenvalue weighted by molar-refractivity contribution is 0.0472. The van der Waals surface area contributed by atoms with Crippen molar-refractivity contribution >= 4 is 17.8 Å². The molecule has 0 spiro atoms. The third-order valence-electron chi connectivity index (χ3n) is 4.94. The summed E-state index contributed by atoms with van der Waals surface area (Å²) >= 11 is 0. The lowest BCUT2D eigenvalue weighted by atomic mass is 9.87. The van der Waals surface area contributed by atoms with Gasteiger partial charge in [0.15, 0.2) is 0 Å². The fourth-order valence-electron chi connectivity index (χ4n) is 3.28. The summed E-state index contributed by atoms with van der Waals surface area (Å²) in [6.07, 6.45) is 0. The van der Waals surface area contributed by atoms with Crippen LogP contribution in [0.15, 0.2) is 42.5 Å². The maximum absolute atomic E-state index is 12.6. The lowest BCUT2D eigenvalue weighted by Crippen LogP contribution is -2.33. The van der Waals surface area contributed by atoms with Gasteiger partial charge in [0.05, 0.1) is 16.7 Å². The van der Waals surface area contributed by atoms with Crippen LogP contribution in [0.4, 0.5) is 0 Å². The number of nitrogens with zero attached hydrogens (tertiary/aromatic N) is 1. The van der Waals surface area contributed by atoms with Gasteiger partial charge in [-0.15, -0.1) is 0 Å². The van der Waals surface area contributed by atoms with E-state index < -0.39 is 5.97 Å². The minimum atomic E-state index is -0.518. The summed E-state index contributed by atoms with van der Waals surface area (Å²) in [5.41, 5.74) is 3.03. The van der Waals surface area contributed by atoms with Crippen molar-refractivity contribution < 1.29 is 19.1 Å². The topological polar surface area (TPSA) is 63.7 Å². The van der Waals surface area contributed by atoms with E-state index in [1.165, 1.54) is 28.7 Å². The van der Waals surface area contributed by atoms with E-state index in [1.807, 2.05) is 38.1 Å². The molecule has 0 radical (unpaired) electrons. The Morgan fingerprint density at radius 2 is 1.59 bits per heavy atom. The molecule has 0 saturated heterocycles. The molecule has 1 aliphatic rings. The Morgan fingerprint density at radius 3 is 2.17 bits per heavy atom. The van der Waals surface area contributed by atoms with Crippen molar-refractivity contribution in [2.75, 3.05) is 6.54 Å². The molecule has 1 heterocycles. The van der Waals surface area contributed by atoms with E-state index in [-0.39, 0.29) is 40.9 Å². The third-order valence-corrected chi connectivity index (χ3v) is 4.94. The predicted molar refractivity (Wildman–Crippen MR) is 111 cm³/mol. The molecule has 2 aromatic carbocycles. The summed E-state index contributed by atoms with van der Waals surface area (Å²) in [4.78, 5) is 38.7. The van der Waals surface area contributed by atoms with Gasteiger partial charge < -0.3 is 4.74 Å². The van der Waals surface area contributed by atoms with Crippen LogP contribution in [0.1, 0.15) is 76.8 Å². The molecule has 5 nitrogen and oxygen atoms in total. The van der Waals surface area contributed by atoms with Crippen molar-refractivity contribution in [2.24, 2.45) is 5.92 Å². The van der Waals surface area contributed by atoms with E-state index in [1.54, 1.807) is 0 Å². The van der Waals surface area contributed by atoms with Gasteiger partial charge in [0.1, 0.15) is 6.61 Å². The monoisotopic (exact) mass is 393 g/mol. The van der Waals surface area contributed by atoms with E-state index in [0.717, 1.165) is 5.56 Å². The Kier molecular flexibility index (Phi) is 5.60. The number of fused-ring (bicyclic) bond motifs is 1. The second-order valence-corrected chi connectivity index (χ2v) is 8.90. The van der Waals surface area contributed by atoms with E-state index in [9.17, 15) is 14.4 Å². The first-order valence-electron chi connectivity index (χ1n) is 9.84. The first-order chi connectivity index (χ1) is 13.6. The second-order valence-electron chi connectivity index (χ2n) is 8.90. The van der Waals surface area contributed by atoms with Crippen molar-refractivity contribution in [3.05, 3.63) is 70.3 Å². The van der Waals surface area contributed by atoms with Crippen LogP contribution in [0, 0.1) is 5.92 Å². The molecule has 3 rings (SSSR count). The molecule has 0 saturated carbocycles. The molecule has 1 aliphatic heterocycles. The quantitative estimate of drug-likeness (QED) is 0.550. The van der Waals surface area contributed by atoms with Crippen LogP contribution < -0.4 is 0 Å². The molecule has 0 unspecified atom stereocenters. The van der Waals surface area contributed by atoms with Gasteiger partial charge >= 0.3 is 5.97 Å². The highest BCUT2D eigenvalue weighted by Crippen LogP contribution is 2.26. The van der Waals surface area contributed by atoms with E-state index in [0.29, 0.717) is 12.1 Å². The van der Waals surface area contributed by atoms with Crippen LogP contribution in [0.2, 0.25) is 0 Å². The minimum Gasteiger partial charge on any atom is -0.457 e. The van der Waals surface area contributed by atoms with Crippen LogP contribution in [0.3, 0.4) is 0 Å². The third kappa shape index (κ3) is 4.39. The lowest BCUT2D eigenvalue weighted by Gasteiger charge is -2.19. The van der Waals surface area contributed by atoms with Gasteiger partial charge in [0.2, 0.25) is 0 Å². The van der Waals surface area contributed by atoms with Crippen LogP contribution in [0.25, 0.3) is 0 Å². The number of amides is 2. The Morgan fingerprint density at radius 1 is 0.966 bits per heavy atom. The zero-order valence-corrected chi connectivity index (χ0v) is 17.6. The number of carbonyl (C=O) groups is 3. The number of carbonyl (C=O) groups excluding carboxylic acids is 3. The van der Waals surface area contributed by atoms with Crippen molar-refractivity contribution in [3.8, 4) is 0 Å². The molecule has 0 aromatic heterocycles. The van der Waals surface area contributed by atoms with Gasteiger partial charge in [-0.2, -0.15) is 0 Å². The standard InChI is InChI=1S/C24H27NO4/c1-15(2)13-25-21(26)19-11-8-17(12-20(19)22(25)27)23(28)29-14-16-6-9-18(10-7-16)24(3,4)5/h6-12,15H,13-14H2,1-5H3. The number of ether oxygens (including phenoxy) is 1. The summed E-state index contributed by atoms with van der Waals surface area (Å²) < 4.78 is 5.40. The Balaban J connectivity index is 1.70. The highest BCUT2D eigenvalue weighted by atomic mass is 16.5. The number of hydrogen-bond acceptors (Lipinski definition) is 4. The number of rotatable bonds is 5. The molecular weight excluding hydrogens is 366 g/mol. The maximum atomic E-state index is 12.6. The van der Waals surface area contributed by atoms with Crippen LogP contribution in [-0.4, -0.2) is 29.2 Å². The molecule has 0 N–H and O–H groups in total. The molecule has 2 aromatic rings. The molecule has 0 bridgehead atoms. The second kappa shape index (κ2) is 7.82. The number of imide groups is 1. The minimum absolute atomic E-state index is 0.0625. The summed E-state index contributed by atoms with van der Waals surface area (Å²) in [5, 5.41) is 0. The smallest absolute Gasteiger partial charge is 0.338 e. The van der Waals surface area contributed by atoms with E-state index in [4.69, 9.17) is 4.74 Å². The number of esters is 1. The molecular formula is C24H27NO4. The van der Waals surface area contributed by atoms with Gasteiger partial charge in [-0.1, -0.05) is 58.9 Å². The van der Waals surface area contributed by atoms with Gasteiger partial charge in [-0.3, -0.25) is 14.5 Å². The Labute approximate surface area is 171 Å².